The lowest BCUT2D eigenvalue weighted by Crippen LogP contribution is -2.34. The zero-order valence-electron chi connectivity index (χ0n) is 15.2. The van der Waals surface area contributed by atoms with Crippen LogP contribution in [0, 0.1) is 11.3 Å². The second-order valence-electron chi connectivity index (χ2n) is 6.55. The van der Waals surface area contributed by atoms with Crippen LogP contribution in [-0.4, -0.2) is 18.0 Å². The van der Waals surface area contributed by atoms with E-state index in [1.165, 1.54) is 7.11 Å². The van der Waals surface area contributed by atoms with Crippen LogP contribution in [0.2, 0.25) is 0 Å². The van der Waals surface area contributed by atoms with Gasteiger partial charge >= 0.3 is 0 Å². The van der Waals surface area contributed by atoms with Crippen LogP contribution in [0.4, 0.5) is 11.5 Å². The highest BCUT2D eigenvalue weighted by Gasteiger charge is 2.41. The molecule has 2 unspecified atom stereocenters. The van der Waals surface area contributed by atoms with E-state index in [1.54, 1.807) is 0 Å². The number of carbonyl (C=O) groups excluding carboxylic acids is 1. The third-order valence-corrected chi connectivity index (χ3v) is 5.03. The van der Waals surface area contributed by atoms with Gasteiger partial charge in [0.25, 0.3) is 0 Å². The van der Waals surface area contributed by atoms with Gasteiger partial charge in [0.15, 0.2) is 0 Å². The van der Waals surface area contributed by atoms with Gasteiger partial charge in [0, 0.05) is 11.5 Å². The van der Waals surface area contributed by atoms with Crippen molar-refractivity contribution < 1.29 is 9.53 Å². The molecule has 6 heteroatoms. The summed E-state index contributed by atoms with van der Waals surface area (Å²) in [5.74, 6) is -0.737. The first-order valence-electron chi connectivity index (χ1n) is 8.84. The minimum atomic E-state index is -0.500. The summed E-state index contributed by atoms with van der Waals surface area (Å²) < 4.78 is 5.21. The number of hydrogen-bond acceptors (Lipinski definition) is 5. The topological polar surface area (TPSA) is 101 Å². The number of benzene rings is 2. The van der Waals surface area contributed by atoms with Gasteiger partial charge in [0.2, 0.25) is 11.8 Å². The molecular formula is C22H18N4O2. The maximum Gasteiger partial charge on any atom is 0.235 e. The Balaban J connectivity index is 2.03. The summed E-state index contributed by atoms with van der Waals surface area (Å²) in [5, 5.41) is 12.5. The van der Waals surface area contributed by atoms with E-state index in [0.29, 0.717) is 11.3 Å². The molecule has 2 heterocycles. The van der Waals surface area contributed by atoms with Crippen LogP contribution in [0.3, 0.4) is 0 Å². The van der Waals surface area contributed by atoms with Gasteiger partial charge in [-0.25, -0.2) is 0 Å². The van der Waals surface area contributed by atoms with Crippen molar-refractivity contribution in [3.05, 3.63) is 82.9 Å². The molecule has 4 rings (SSSR count). The molecule has 0 bridgehead atoms. The molecule has 0 radical (unpaired) electrons. The van der Waals surface area contributed by atoms with Crippen LogP contribution >= 0.6 is 0 Å². The number of nitrogens with two attached hydrogens (primary N) is 1. The summed E-state index contributed by atoms with van der Waals surface area (Å²) in [6.07, 6.45) is 0. The summed E-state index contributed by atoms with van der Waals surface area (Å²) in [5.41, 5.74) is 9.28. The molecule has 2 atom stereocenters. The molecule has 6 nitrogen and oxygen atoms in total. The van der Waals surface area contributed by atoms with E-state index < -0.39 is 5.92 Å². The quantitative estimate of drug-likeness (QED) is 0.736. The van der Waals surface area contributed by atoms with Crippen molar-refractivity contribution >= 4 is 17.4 Å². The van der Waals surface area contributed by atoms with Crippen molar-refractivity contribution in [3.8, 4) is 11.9 Å². The van der Waals surface area contributed by atoms with E-state index in [-0.39, 0.29) is 29.1 Å². The van der Waals surface area contributed by atoms with Gasteiger partial charge in [-0.15, -0.1) is 0 Å². The monoisotopic (exact) mass is 370 g/mol. The number of rotatable bonds is 3. The summed E-state index contributed by atoms with van der Waals surface area (Å²) in [7, 11) is 1.42. The predicted molar refractivity (Wildman–Crippen MR) is 106 cm³/mol. The molecule has 0 saturated carbocycles. The number of hydrogen-bond donors (Lipinski definition) is 2. The SMILES string of the molecule is COc1nc(N)c2c(c1C#N)NC(=O)C(c1ccccc1)C2c1ccccc1. The van der Waals surface area contributed by atoms with Crippen LogP contribution in [0.25, 0.3) is 0 Å². The fourth-order valence-electron chi connectivity index (χ4n) is 3.83. The average molecular weight is 370 g/mol. The lowest BCUT2D eigenvalue weighted by molar-refractivity contribution is -0.118. The molecule has 28 heavy (non-hydrogen) atoms. The zero-order valence-corrected chi connectivity index (χ0v) is 15.2. The Morgan fingerprint density at radius 3 is 2.14 bits per heavy atom. The number of anilines is 2. The third-order valence-electron chi connectivity index (χ3n) is 5.03. The Morgan fingerprint density at radius 2 is 1.61 bits per heavy atom. The van der Waals surface area contributed by atoms with Crippen molar-refractivity contribution in [3.63, 3.8) is 0 Å². The number of nitrogen functional groups attached to an aromatic ring is 1. The van der Waals surface area contributed by atoms with Crippen LogP contribution in [0.1, 0.15) is 34.1 Å². The number of ether oxygens (including phenoxy) is 1. The number of aromatic nitrogens is 1. The number of amides is 1. The summed E-state index contributed by atoms with van der Waals surface area (Å²) >= 11 is 0. The van der Waals surface area contributed by atoms with E-state index in [2.05, 4.69) is 16.4 Å². The third kappa shape index (κ3) is 2.74. The molecule has 138 valence electrons. The van der Waals surface area contributed by atoms with E-state index in [1.807, 2.05) is 60.7 Å². The van der Waals surface area contributed by atoms with Crippen LogP contribution in [0.15, 0.2) is 60.7 Å². The highest BCUT2D eigenvalue weighted by Crippen LogP contribution is 2.49. The fraction of sp³-hybridized carbons (Fsp3) is 0.136. The van der Waals surface area contributed by atoms with Crippen molar-refractivity contribution in [2.24, 2.45) is 0 Å². The van der Waals surface area contributed by atoms with Gasteiger partial charge in [-0.3, -0.25) is 4.79 Å². The summed E-state index contributed by atoms with van der Waals surface area (Å²) in [4.78, 5) is 17.5. The number of fused-ring (bicyclic) bond motifs is 1. The van der Waals surface area contributed by atoms with Crippen molar-refractivity contribution in [1.29, 1.82) is 5.26 Å². The van der Waals surface area contributed by atoms with E-state index in [0.717, 1.165) is 11.1 Å². The van der Waals surface area contributed by atoms with Gasteiger partial charge < -0.3 is 15.8 Å². The van der Waals surface area contributed by atoms with Gasteiger partial charge in [0.05, 0.1) is 18.7 Å². The number of methoxy groups -OCH3 is 1. The largest absolute Gasteiger partial charge is 0.480 e. The Kier molecular flexibility index (Phi) is 4.42. The Morgan fingerprint density at radius 1 is 1.04 bits per heavy atom. The smallest absolute Gasteiger partial charge is 0.235 e. The minimum Gasteiger partial charge on any atom is -0.480 e. The first kappa shape index (κ1) is 17.6. The number of nitrogens with zero attached hydrogens (tertiary/aromatic N) is 2. The highest BCUT2D eigenvalue weighted by molar-refractivity contribution is 6.03. The molecule has 1 aliphatic rings. The fourth-order valence-corrected chi connectivity index (χ4v) is 3.83. The zero-order chi connectivity index (χ0) is 19.7. The number of nitrogens with one attached hydrogen (secondary N) is 1. The van der Waals surface area contributed by atoms with E-state index >= 15 is 0 Å². The van der Waals surface area contributed by atoms with Crippen LogP contribution < -0.4 is 15.8 Å². The van der Waals surface area contributed by atoms with Crippen molar-refractivity contribution in [2.45, 2.75) is 11.8 Å². The Labute approximate surface area is 162 Å². The minimum absolute atomic E-state index is 0.101. The van der Waals surface area contributed by atoms with Gasteiger partial charge in [0.1, 0.15) is 17.5 Å². The first-order valence-corrected chi connectivity index (χ1v) is 8.84. The molecule has 1 aromatic heterocycles. The number of nitriles is 1. The molecule has 0 fully saturated rings. The molecule has 0 saturated heterocycles. The highest BCUT2D eigenvalue weighted by atomic mass is 16.5. The summed E-state index contributed by atoms with van der Waals surface area (Å²) in [6, 6.07) is 21.3. The van der Waals surface area contributed by atoms with Crippen molar-refractivity contribution in [2.75, 3.05) is 18.2 Å². The Bertz CT molecular complexity index is 1080. The standard InChI is InChI=1S/C22H18N4O2/c1-28-22-15(12-23)19-18(20(24)26-22)16(13-8-4-2-5-9-13)17(21(27)25-19)14-10-6-3-7-11-14/h2-11,16-17H,1H3,(H2,24,26)(H,25,27). The second-order valence-corrected chi connectivity index (χ2v) is 6.55. The molecule has 0 aliphatic carbocycles. The second kappa shape index (κ2) is 7.05. The molecular weight excluding hydrogens is 352 g/mol. The van der Waals surface area contributed by atoms with Gasteiger partial charge in [-0.1, -0.05) is 60.7 Å². The number of carbonyl (C=O) groups is 1. The molecule has 3 N–H and O–H groups in total. The average Bonchev–Trinajstić information content (AvgIpc) is 2.73. The molecule has 1 amide bonds. The van der Waals surface area contributed by atoms with E-state index in [4.69, 9.17) is 10.5 Å². The Hall–Kier alpha value is -3.85. The first-order chi connectivity index (χ1) is 13.7. The van der Waals surface area contributed by atoms with Crippen LogP contribution in [-0.2, 0) is 4.79 Å². The van der Waals surface area contributed by atoms with Crippen LogP contribution in [0.5, 0.6) is 5.88 Å². The lowest BCUT2D eigenvalue weighted by Gasteiger charge is -2.35. The van der Waals surface area contributed by atoms with Gasteiger partial charge in [-0.2, -0.15) is 10.2 Å². The molecule has 1 aliphatic heterocycles. The molecule has 0 spiro atoms. The van der Waals surface area contributed by atoms with E-state index in [9.17, 15) is 10.1 Å². The van der Waals surface area contributed by atoms with Gasteiger partial charge in [-0.05, 0) is 11.1 Å². The predicted octanol–water partition coefficient (Wildman–Crippen LogP) is 3.41. The van der Waals surface area contributed by atoms with Crippen molar-refractivity contribution in [1.82, 2.24) is 4.98 Å². The normalized spacial score (nSPS) is 17.9. The maximum absolute atomic E-state index is 13.2. The number of pyridine rings is 1. The lowest BCUT2D eigenvalue weighted by atomic mass is 9.73. The molecule has 2 aromatic carbocycles. The molecule has 3 aromatic rings. The maximum atomic E-state index is 13.2. The summed E-state index contributed by atoms with van der Waals surface area (Å²) in [6.45, 7) is 0.